The minimum Gasteiger partial charge on any atom is -0.364 e. The zero-order valence-corrected chi connectivity index (χ0v) is 15.2. The first-order valence-corrected chi connectivity index (χ1v) is 9.29. The van der Waals surface area contributed by atoms with Crippen molar-refractivity contribution in [1.29, 1.82) is 0 Å². The zero-order valence-electron chi connectivity index (χ0n) is 13.6. The first-order chi connectivity index (χ1) is 12.4. The van der Waals surface area contributed by atoms with Crippen LogP contribution in [0.4, 0.5) is 5.13 Å². The molecule has 1 atom stereocenters. The average molecular weight is 389 g/mol. The van der Waals surface area contributed by atoms with Crippen LogP contribution in [0.3, 0.4) is 0 Å². The number of amides is 3. The van der Waals surface area contributed by atoms with Crippen molar-refractivity contribution in [1.82, 2.24) is 15.3 Å². The Kier molecular flexibility index (Phi) is 5.14. The smallest absolute Gasteiger partial charge is 0.265 e. The number of carbonyl (C=O) groups is 3. The summed E-state index contributed by atoms with van der Waals surface area (Å²) in [6, 6.07) is 4.33. The minimum atomic E-state index is -0.717. The second-order valence-electron chi connectivity index (χ2n) is 5.37. The van der Waals surface area contributed by atoms with Crippen molar-refractivity contribution in [3.63, 3.8) is 0 Å². The summed E-state index contributed by atoms with van der Waals surface area (Å²) in [5.74, 6) is -1.23. The fraction of sp³-hybridized carbons (Fsp3) is 0.125. The number of nitrogens with two attached hydrogens (primary N) is 1. The number of rotatable bonds is 6. The molecule has 0 saturated heterocycles. The highest BCUT2D eigenvalue weighted by Gasteiger charge is 2.18. The molecule has 1 unspecified atom stereocenters. The minimum absolute atomic E-state index is 0.281. The van der Waals surface area contributed by atoms with Crippen LogP contribution in [-0.4, -0.2) is 33.7 Å². The van der Waals surface area contributed by atoms with Crippen LogP contribution >= 0.6 is 22.7 Å². The number of carbonyl (C=O) groups excluding carboxylic acids is 3. The lowest BCUT2D eigenvalue weighted by molar-refractivity contribution is -0.117. The van der Waals surface area contributed by atoms with Gasteiger partial charge in [-0.25, -0.2) is 4.98 Å². The van der Waals surface area contributed by atoms with Crippen LogP contribution in [0.1, 0.15) is 27.1 Å². The van der Waals surface area contributed by atoms with Crippen molar-refractivity contribution in [2.45, 2.75) is 13.0 Å². The number of hydrogen-bond donors (Lipinski definition) is 4. The highest BCUT2D eigenvalue weighted by atomic mass is 32.1. The zero-order chi connectivity index (χ0) is 18.7. The molecule has 3 rings (SSSR count). The van der Waals surface area contributed by atoms with E-state index in [4.69, 9.17) is 5.73 Å². The van der Waals surface area contributed by atoms with Crippen molar-refractivity contribution in [3.05, 3.63) is 45.7 Å². The highest BCUT2D eigenvalue weighted by molar-refractivity contribution is 7.14. The number of anilines is 1. The van der Waals surface area contributed by atoms with Gasteiger partial charge in [-0.05, 0) is 24.4 Å². The first-order valence-electron chi connectivity index (χ1n) is 7.53. The van der Waals surface area contributed by atoms with E-state index in [9.17, 15) is 14.4 Å². The lowest BCUT2D eigenvalue weighted by Crippen LogP contribution is -2.41. The summed E-state index contributed by atoms with van der Waals surface area (Å²) < 4.78 is 0. The molecule has 3 aromatic heterocycles. The van der Waals surface area contributed by atoms with E-state index >= 15 is 0 Å². The van der Waals surface area contributed by atoms with E-state index < -0.39 is 11.9 Å². The Morgan fingerprint density at radius 1 is 1.31 bits per heavy atom. The van der Waals surface area contributed by atoms with Crippen molar-refractivity contribution >= 4 is 45.5 Å². The monoisotopic (exact) mass is 389 g/mol. The molecule has 8 nitrogen and oxygen atoms in total. The maximum atomic E-state index is 12.2. The lowest BCUT2D eigenvalue weighted by Gasteiger charge is -2.12. The van der Waals surface area contributed by atoms with Crippen LogP contribution in [0.5, 0.6) is 0 Å². The molecule has 0 fully saturated rings. The SMILES string of the molecule is CC(NC(=O)c1cccs1)C(=O)Nc1nc(-c2c[nH]c(C(N)=O)c2)cs1. The molecule has 26 heavy (non-hydrogen) atoms. The van der Waals surface area contributed by atoms with Crippen LogP contribution < -0.4 is 16.4 Å². The quantitative estimate of drug-likeness (QED) is 0.514. The summed E-state index contributed by atoms with van der Waals surface area (Å²) >= 11 is 2.54. The van der Waals surface area contributed by atoms with E-state index in [-0.39, 0.29) is 17.5 Å². The average Bonchev–Trinajstić information content (AvgIpc) is 3.34. The number of H-pyrrole nitrogens is 1. The third-order valence-electron chi connectivity index (χ3n) is 3.46. The molecule has 5 N–H and O–H groups in total. The van der Waals surface area contributed by atoms with E-state index in [1.165, 1.54) is 22.7 Å². The van der Waals surface area contributed by atoms with Gasteiger partial charge in [0.05, 0.1) is 10.6 Å². The molecule has 0 aliphatic rings. The number of primary amides is 1. The van der Waals surface area contributed by atoms with Gasteiger partial charge in [0.15, 0.2) is 5.13 Å². The second-order valence-corrected chi connectivity index (χ2v) is 7.17. The maximum absolute atomic E-state index is 12.2. The van der Waals surface area contributed by atoms with Gasteiger partial charge in [0, 0.05) is 17.1 Å². The first kappa shape index (κ1) is 17.8. The Balaban J connectivity index is 1.61. The Hall–Kier alpha value is -2.98. The fourth-order valence-corrected chi connectivity index (χ4v) is 3.45. The third kappa shape index (κ3) is 3.98. The van der Waals surface area contributed by atoms with E-state index in [1.807, 2.05) is 0 Å². The van der Waals surface area contributed by atoms with Crippen LogP contribution in [0, 0.1) is 0 Å². The molecular weight excluding hydrogens is 374 g/mol. The number of thiophene rings is 1. The fourth-order valence-electron chi connectivity index (χ4n) is 2.10. The summed E-state index contributed by atoms with van der Waals surface area (Å²) in [6.07, 6.45) is 1.62. The van der Waals surface area contributed by atoms with Crippen molar-refractivity contribution in [2.24, 2.45) is 5.73 Å². The van der Waals surface area contributed by atoms with Crippen LogP contribution in [-0.2, 0) is 4.79 Å². The number of aromatic nitrogens is 2. The molecule has 0 aliphatic heterocycles. The van der Waals surface area contributed by atoms with Gasteiger partial charge in [0.25, 0.3) is 11.8 Å². The molecule has 3 amide bonds. The van der Waals surface area contributed by atoms with E-state index in [0.717, 1.165) is 0 Å². The molecular formula is C16H15N5O3S2. The summed E-state index contributed by atoms with van der Waals surface area (Å²) in [6.45, 7) is 1.60. The number of thiazole rings is 1. The van der Waals surface area contributed by atoms with Crippen molar-refractivity contribution < 1.29 is 14.4 Å². The maximum Gasteiger partial charge on any atom is 0.265 e. The predicted octanol–water partition coefficient (Wildman–Crippen LogP) is 2.06. The van der Waals surface area contributed by atoms with Gasteiger partial charge < -0.3 is 21.4 Å². The Morgan fingerprint density at radius 3 is 2.77 bits per heavy atom. The van der Waals surface area contributed by atoms with E-state index in [0.29, 0.717) is 21.3 Å². The molecule has 0 spiro atoms. The summed E-state index contributed by atoms with van der Waals surface area (Å²) in [5, 5.41) is 9.24. The standard InChI is InChI=1S/C16H15N5O3S2/c1-8(19-15(24)12-3-2-4-25-12)14(23)21-16-20-11(7-26-16)9-5-10(13(17)22)18-6-9/h2-8,18H,1H3,(H2,17,22)(H,19,24)(H,20,21,23). The Bertz CT molecular complexity index is 945. The molecule has 3 heterocycles. The molecule has 0 aromatic carbocycles. The summed E-state index contributed by atoms with van der Waals surface area (Å²) in [5.41, 5.74) is 6.78. The molecule has 0 bridgehead atoms. The van der Waals surface area contributed by atoms with Crippen LogP contribution in [0.15, 0.2) is 35.2 Å². The van der Waals surface area contributed by atoms with Gasteiger partial charge in [-0.2, -0.15) is 0 Å². The van der Waals surface area contributed by atoms with Gasteiger partial charge >= 0.3 is 0 Å². The predicted molar refractivity (Wildman–Crippen MR) is 100 cm³/mol. The molecule has 10 heteroatoms. The molecule has 0 radical (unpaired) electrons. The number of nitrogens with one attached hydrogen (secondary N) is 3. The number of aromatic amines is 1. The summed E-state index contributed by atoms with van der Waals surface area (Å²) in [4.78, 5) is 43.0. The Morgan fingerprint density at radius 2 is 2.12 bits per heavy atom. The van der Waals surface area contributed by atoms with Crippen molar-refractivity contribution in [3.8, 4) is 11.3 Å². The third-order valence-corrected chi connectivity index (χ3v) is 5.09. The van der Waals surface area contributed by atoms with Gasteiger partial charge in [0.1, 0.15) is 11.7 Å². The van der Waals surface area contributed by atoms with Gasteiger partial charge in [-0.3, -0.25) is 14.4 Å². The molecule has 3 aromatic rings. The topological polar surface area (TPSA) is 130 Å². The Labute approximate surface area is 156 Å². The normalized spacial score (nSPS) is 11.7. The molecule has 0 aliphatic carbocycles. The van der Waals surface area contributed by atoms with E-state index in [1.54, 1.807) is 42.1 Å². The van der Waals surface area contributed by atoms with Gasteiger partial charge in [0.2, 0.25) is 5.91 Å². The van der Waals surface area contributed by atoms with Crippen LogP contribution in [0.25, 0.3) is 11.3 Å². The molecule has 0 saturated carbocycles. The molecule has 134 valence electrons. The van der Waals surface area contributed by atoms with E-state index in [2.05, 4.69) is 20.6 Å². The van der Waals surface area contributed by atoms with Gasteiger partial charge in [-0.15, -0.1) is 22.7 Å². The van der Waals surface area contributed by atoms with Crippen molar-refractivity contribution in [2.75, 3.05) is 5.32 Å². The van der Waals surface area contributed by atoms with Gasteiger partial charge in [-0.1, -0.05) is 6.07 Å². The summed E-state index contributed by atoms with van der Waals surface area (Å²) in [7, 11) is 0. The largest absolute Gasteiger partial charge is 0.364 e. The lowest BCUT2D eigenvalue weighted by atomic mass is 10.2. The second kappa shape index (κ2) is 7.50. The number of hydrogen-bond acceptors (Lipinski definition) is 6. The number of nitrogens with zero attached hydrogens (tertiary/aromatic N) is 1. The van der Waals surface area contributed by atoms with Crippen LogP contribution in [0.2, 0.25) is 0 Å². The highest BCUT2D eigenvalue weighted by Crippen LogP contribution is 2.25.